The maximum absolute atomic E-state index is 12.7. The number of carbonyl (C=O) groups is 1. The molecular formula is C17H14ClN3O3. The standard InChI is InChI=1S/C17H14ClN3O3/c18-13-3-1-4-14(15(13)21-7-2-6-19-21)20-17(22)16-12-5-8-23-9-11(12)10-24-16/h1-4,6-7,10H,5,8-9H2,(H,20,22). The van der Waals surface area contributed by atoms with E-state index in [1.807, 2.05) is 0 Å². The Kier molecular flexibility index (Phi) is 3.84. The Labute approximate surface area is 143 Å². The van der Waals surface area contributed by atoms with Crippen LogP contribution in [0.2, 0.25) is 5.02 Å². The molecule has 24 heavy (non-hydrogen) atoms. The van der Waals surface area contributed by atoms with E-state index in [1.54, 1.807) is 47.6 Å². The number of carbonyl (C=O) groups excluding carboxylic acids is 1. The van der Waals surface area contributed by atoms with E-state index in [2.05, 4.69) is 10.4 Å². The average molecular weight is 344 g/mol. The third kappa shape index (κ3) is 2.60. The van der Waals surface area contributed by atoms with Crippen LogP contribution in [0.3, 0.4) is 0 Å². The highest BCUT2D eigenvalue weighted by Gasteiger charge is 2.23. The van der Waals surface area contributed by atoms with Gasteiger partial charge in [0.1, 0.15) is 5.69 Å². The normalized spacial score (nSPS) is 13.5. The van der Waals surface area contributed by atoms with Crippen LogP contribution in [0.4, 0.5) is 5.69 Å². The fourth-order valence-electron chi connectivity index (χ4n) is 2.79. The van der Waals surface area contributed by atoms with Gasteiger partial charge in [-0.25, -0.2) is 4.68 Å². The Morgan fingerprint density at radius 2 is 2.25 bits per heavy atom. The number of benzene rings is 1. The Hall–Kier alpha value is -2.57. The van der Waals surface area contributed by atoms with Gasteiger partial charge in [-0.3, -0.25) is 4.79 Å². The predicted molar refractivity (Wildman–Crippen MR) is 88.6 cm³/mol. The first kappa shape index (κ1) is 15.0. The molecule has 0 bridgehead atoms. The van der Waals surface area contributed by atoms with Gasteiger partial charge in [0.15, 0.2) is 5.76 Å². The molecule has 2 aromatic heterocycles. The molecule has 1 aromatic carbocycles. The van der Waals surface area contributed by atoms with Crippen molar-refractivity contribution in [1.82, 2.24) is 9.78 Å². The summed E-state index contributed by atoms with van der Waals surface area (Å²) in [5.74, 6) is 0.00788. The van der Waals surface area contributed by atoms with Gasteiger partial charge in [0.25, 0.3) is 5.91 Å². The van der Waals surface area contributed by atoms with Crippen molar-refractivity contribution in [2.75, 3.05) is 11.9 Å². The maximum atomic E-state index is 12.7. The number of hydrogen-bond donors (Lipinski definition) is 1. The lowest BCUT2D eigenvalue weighted by atomic mass is 10.1. The number of fused-ring (bicyclic) bond motifs is 1. The number of nitrogens with zero attached hydrogens (tertiary/aromatic N) is 2. The molecule has 0 radical (unpaired) electrons. The van der Waals surface area contributed by atoms with Crippen molar-refractivity contribution < 1.29 is 13.9 Å². The molecule has 0 saturated carbocycles. The summed E-state index contributed by atoms with van der Waals surface area (Å²) in [6, 6.07) is 7.09. The summed E-state index contributed by atoms with van der Waals surface area (Å²) >= 11 is 6.29. The molecule has 122 valence electrons. The number of rotatable bonds is 3. The van der Waals surface area contributed by atoms with Gasteiger partial charge in [0, 0.05) is 29.9 Å². The largest absolute Gasteiger partial charge is 0.458 e. The van der Waals surface area contributed by atoms with Gasteiger partial charge < -0.3 is 14.5 Å². The predicted octanol–water partition coefficient (Wildman–Crippen LogP) is 3.44. The van der Waals surface area contributed by atoms with Crippen molar-refractivity contribution >= 4 is 23.2 Å². The maximum Gasteiger partial charge on any atom is 0.291 e. The molecule has 3 aromatic rings. The van der Waals surface area contributed by atoms with Crippen molar-refractivity contribution in [3.8, 4) is 5.69 Å². The molecule has 0 atom stereocenters. The summed E-state index contributed by atoms with van der Waals surface area (Å²) in [4.78, 5) is 12.7. The minimum Gasteiger partial charge on any atom is -0.458 e. The Bertz CT molecular complexity index is 887. The number of amides is 1. The lowest BCUT2D eigenvalue weighted by Crippen LogP contribution is -2.17. The summed E-state index contributed by atoms with van der Waals surface area (Å²) < 4.78 is 12.4. The first-order valence-electron chi connectivity index (χ1n) is 7.51. The van der Waals surface area contributed by atoms with E-state index in [-0.39, 0.29) is 5.91 Å². The zero-order chi connectivity index (χ0) is 16.5. The van der Waals surface area contributed by atoms with Crippen molar-refractivity contribution in [1.29, 1.82) is 0 Å². The van der Waals surface area contributed by atoms with Crippen LogP contribution in [0.25, 0.3) is 5.69 Å². The Morgan fingerprint density at radius 3 is 3.08 bits per heavy atom. The molecule has 1 aliphatic rings. The number of halogens is 1. The van der Waals surface area contributed by atoms with Gasteiger partial charge in [-0.15, -0.1) is 0 Å². The molecule has 6 nitrogen and oxygen atoms in total. The minimum atomic E-state index is -0.311. The lowest BCUT2D eigenvalue weighted by Gasteiger charge is -2.14. The molecular weight excluding hydrogens is 330 g/mol. The van der Waals surface area contributed by atoms with Crippen molar-refractivity contribution in [3.63, 3.8) is 0 Å². The van der Waals surface area contributed by atoms with Crippen LogP contribution in [0.1, 0.15) is 21.7 Å². The van der Waals surface area contributed by atoms with Crippen LogP contribution in [0.15, 0.2) is 47.3 Å². The molecule has 3 heterocycles. The van der Waals surface area contributed by atoms with Crippen LogP contribution >= 0.6 is 11.6 Å². The van der Waals surface area contributed by atoms with Crippen molar-refractivity contribution in [2.24, 2.45) is 0 Å². The zero-order valence-corrected chi connectivity index (χ0v) is 13.4. The third-order valence-corrected chi connectivity index (χ3v) is 4.21. The first-order chi connectivity index (χ1) is 11.7. The van der Waals surface area contributed by atoms with Crippen molar-refractivity contribution in [3.05, 3.63) is 64.8 Å². The third-order valence-electron chi connectivity index (χ3n) is 3.91. The molecule has 1 N–H and O–H groups in total. The summed E-state index contributed by atoms with van der Waals surface area (Å²) in [5.41, 5.74) is 3.00. The molecule has 0 saturated heterocycles. The molecule has 0 aliphatic carbocycles. The second kappa shape index (κ2) is 6.14. The fraction of sp³-hybridized carbons (Fsp3) is 0.176. The van der Waals surface area contributed by atoms with Gasteiger partial charge in [-0.05, 0) is 18.2 Å². The highest BCUT2D eigenvalue weighted by molar-refractivity contribution is 6.33. The van der Waals surface area contributed by atoms with E-state index in [1.165, 1.54) is 0 Å². The molecule has 0 fully saturated rings. The van der Waals surface area contributed by atoms with Crippen LogP contribution in [0.5, 0.6) is 0 Å². The number of anilines is 1. The van der Waals surface area contributed by atoms with E-state index >= 15 is 0 Å². The summed E-state index contributed by atoms with van der Waals surface area (Å²) in [5, 5.41) is 7.55. The van der Waals surface area contributed by atoms with Crippen LogP contribution in [-0.2, 0) is 17.8 Å². The summed E-state index contributed by atoms with van der Waals surface area (Å²) in [6.45, 7) is 1.06. The quantitative estimate of drug-likeness (QED) is 0.791. The minimum absolute atomic E-state index is 0.311. The zero-order valence-electron chi connectivity index (χ0n) is 12.7. The van der Waals surface area contributed by atoms with Crippen LogP contribution in [-0.4, -0.2) is 22.3 Å². The molecule has 4 rings (SSSR count). The van der Waals surface area contributed by atoms with E-state index in [0.29, 0.717) is 41.8 Å². The van der Waals surface area contributed by atoms with Crippen LogP contribution in [0, 0.1) is 0 Å². The van der Waals surface area contributed by atoms with E-state index in [0.717, 1.165) is 11.1 Å². The van der Waals surface area contributed by atoms with Gasteiger partial charge in [0.05, 0.1) is 30.2 Å². The Morgan fingerprint density at radius 1 is 1.33 bits per heavy atom. The van der Waals surface area contributed by atoms with E-state index < -0.39 is 0 Å². The number of hydrogen-bond acceptors (Lipinski definition) is 4. The second-order valence-electron chi connectivity index (χ2n) is 5.41. The molecule has 0 spiro atoms. The molecule has 7 heteroatoms. The van der Waals surface area contributed by atoms with Gasteiger partial charge >= 0.3 is 0 Å². The highest BCUT2D eigenvalue weighted by Crippen LogP contribution is 2.29. The number of para-hydroxylation sites is 1. The second-order valence-corrected chi connectivity index (χ2v) is 5.82. The summed E-state index contributed by atoms with van der Waals surface area (Å²) in [6.07, 6.45) is 5.66. The van der Waals surface area contributed by atoms with Gasteiger partial charge in [-0.2, -0.15) is 5.10 Å². The van der Waals surface area contributed by atoms with Crippen LogP contribution < -0.4 is 5.32 Å². The highest BCUT2D eigenvalue weighted by atomic mass is 35.5. The smallest absolute Gasteiger partial charge is 0.291 e. The SMILES string of the molecule is O=C(Nc1cccc(Cl)c1-n1cccn1)c1occ2c1CCOC2. The number of ether oxygens (including phenoxy) is 1. The topological polar surface area (TPSA) is 69.3 Å². The van der Waals surface area contributed by atoms with E-state index in [9.17, 15) is 4.79 Å². The average Bonchev–Trinajstić information content (AvgIpc) is 3.24. The molecule has 0 unspecified atom stereocenters. The number of aromatic nitrogens is 2. The van der Waals surface area contributed by atoms with Crippen molar-refractivity contribution in [2.45, 2.75) is 13.0 Å². The molecule has 1 amide bonds. The van der Waals surface area contributed by atoms with Gasteiger partial charge in [-0.1, -0.05) is 17.7 Å². The lowest BCUT2D eigenvalue weighted by molar-refractivity contribution is 0.0988. The summed E-state index contributed by atoms with van der Waals surface area (Å²) in [7, 11) is 0. The molecule has 1 aliphatic heterocycles. The fourth-order valence-corrected chi connectivity index (χ4v) is 3.05. The number of furan rings is 1. The van der Waals surface area contributed by atoms with Gasteiger partial charge in [0.2, 0.25) is 0 Å². The monoisotopic (exact) mass is 343 g/mol. The Balaban J connectivity index is 1.68. The number of nitrogens with one attached hydrogen (secondary N) is 1. The first-order valence-corrected chi connectivity index (χ1v) is 7.88. The van der Waals surface area contributed by atoms with E-state index in [4.69, 9.17) is 20.8 Å².